The Morgan fingerprint density at radius 2 is 1.69 bits per heavy atom. The number of fused-ring (bicyclic) bond motifs is 1. The van der Waals surface area contributed by atoms with E-state index in [1.807, 2.05) is 74.5 Å². The average Bonchev–Trinajstić information content (AvgIpc) is 2.97. The van der Waals surface area contributed by atoms with Crippen LogP contribution in [0.4, 0.5) is 13.2 Å². The second-order valence-electron chi connectivity index (χ2n) is 10.3. The Bertz CT molecular complexity index is 1750. The summed E-state index contributed by atoms with van der Waals surface area (Å²) in [5.41, 5.74) is 5.00. The molecule has 0 aliphatic heterocycles. The fraction of sp³-hybridized carbons (Fsp3) is 0.200. The van der Waals surface area contributed by atoms with Gasteiger partial charge in [0.2, 0.25) is 0 Å². The van der Waals surface area contributed by atoms with Crippen LogP contribution in [0.15, 0.2) is 97.2 Å². The summed E-state index contributed by atoms with van der Waals surface area (Å²) in [5.74, 6) is -0.925. The predicted octanol–water partition coefficient (Wildman–Crippen LogP) is 8.98. The number of rotatable bonds is 9. The molecule has 0 radical (unpaired) electrons. The number of aliphatic carboxylic acids is 1. The SMILES string of the molecule is CCC(C(=O)O)c1cccc(COc2cccc(-c3c(Cc4ccccc4C)cnc4c(C(F)(F)F)cccc34)c2)c1. The number of para-hydroxylation sites is 1. The molecule has 0 aliphatic rings. The molecule has 0 fully saturated rings. The van der Waals surface area contributed by atoms with E-state index in [0.717, 1.165) is 28.3 Å². The lowest BCUT2D eigenvalue weighted by Crippen LogP contribution is -2.10. The quantitative estimate of drug-likeness (QED) is 0.192. The van der Waals surface area contributed by atoms with E-state index in [2.05, 4.69) is 4.98 Å². The van der Waals surface area contributed by atoms with Crippen molar-refractivity contribution in [1.29, 1.82) is 0 Å². The van der Waals surface area contributed by atoms with Gasteiger partial charge >= 0.3 is 12.1 Å². The first kappa shape index (κ1) is 28.9. The Balaban J connectivity index is 1.54. The lowest BCUT2D eigenvalue weighted by Gasteiger charge is -2.18. The van der Waals surface area contributed by atoms with Gasteiger partial charge in [-0.3, -0.25) is 9.78 Å². The number of pyridine rings is 1. The molecule has 0 saturated heterocycles. The summed E-state index contributed by atoms with van der Waals surface area (Å²) < 4.78 is 47.9. The van der Waals surface area contributed by atoms with E-state index in [0.29, 0.717) is 40.7 Å². The smallest absolute Gasteiger partial charge is 0.418 e. The van der Waals surface area contributed by atoms with Crippen LogP contribution in [0.2, 0.25) is 0 Å². The standard InChI is InChI=1S/C35H30F3NO3/c1-3-29(34(40)41)25-12-6-10-23(17-25)21-42-28-14-7-13-26(19-28)32-27(18-24-11-5-4-9-22(24)2)20-39-33-30(32)15-8-16-31(33)35(36,37)38/h4-17,19-20,29H,3,18,21H2,1-2H3,(H,40,41). The molecule has 5 aromatic rings. The van der Waals surface area contributed by atoms with Crippen molar-refractivity contribution in [3.05, 3.63) is 131 Å². The lowest BCUT2D eigenvalue weighted by atomic mass is 9.91. The van der Waals surface area contributed by atoms with Crippen LogP contribution in [-0.4, -0.2) is 16.1 Å². The van der Waals surface area contributed by atoms with Gasteiger partial charge in [0.15, 0.2) is 0 Å². The minimum absolute atomic E-state index is 0.0967. The number of aryl methyl sites for hydroxylation is 1. The summed E-state index contributed by atoms with van der Waals surface area (Å²) in [7, 11) is 0. The molecule has 7 heteroatoms. The van der Waals surface area contributed by atoms with Crippen LogP contribution < -0.4 is 4.74 Å². The summed E-state index contributed by atoms with van der Waals surface area (Å²) in [6.07, 6.45) is -2.02. The van der Waals surface area contributed by atoms with E-state index in [4.69, 9.17) is 4.74 Å². The van der Waals surface area contributed by atoms with Crippen LogP contribution in [0.5, 0.6) is 5.75 Å². The Labute approximate surface area is 242 Å². The van der Waals surface area contributed by atoms with Crippen molar-refractivity contribution in [2.75, 3.05) is 0 Å². The number of ether oxygens (including phenoxy) is 1. The van der Waals surface area contributed by atoms with E-state index in [1.54, 1.807) is 24.4 Å². The summed E-state index contributed by atoms with van der Waals surface area (Å²) in [6.45, 7) is 4.05. The highest BCUT2D eigenvalue weighted by atomic mass is 19.4. The molecule has 0 amide bonds. The number of carboxylic acids is 1. The van der Waals surface area contributed by atoms with E-state index < -0.39 is 23.6 Å². The average molecular weight is 570 g/mol. The van der Waals surface area contributed by atoms with E-state index in [-0.39, 0.29) is 12.1 Å². The largest absolute Gasteiger partial charge is 0.489 e. The molecule has 0 bridgehead atoms. The van der Waals surface area contributed by atoms with Gasteiger partial charge in [0.1, 0.15) is 12.4 Å². The maximum absolute atomic E-state index is 13.9. The van der Waals surface area contributed by atoms with Crippen LogP contribution in [0.1, 0.15) is 52.6 Å². The maximum Gasteiger partial charge on any atom is 0.418 e. The molecule has 4 aromatic carbocycles. The minimum atomic E-state index is -4.54. The van der Waals surface area contributed by atoms with Gasteiger partial charge in [-0.05, 0) is 76.9 Å². The van der Waals surface area contributed by atoms with Crippen molar-refractivity contribution < 1.29 is 27.8 Å². The number of nitrogens with zero attached hydrogens (tertiary/aromatic N) is 1. The number of benzene rings is 4. The topological polar surface area (TPSA) is 59.4 Å². The van der Waals surface area contributed by atoms with Gasteiger partial charge in [-0.25, -0.2) is 0 Å². The second kappa shape index (κ2) is 12.1. The number of alkyl halides is 3. The summed E-state index contributed by atoms with van der Waals surface area (Å²) >= 11 is 0. The van der Waals surface area contributed by atoms with Crippen LogP contribution in [0.3, 0.4) is 0 Å². The Morgan fingerprint density at radius 1 is 0.929 bits per heavy atom. The first-order valence-electron chi connectivity index (χ1n) is 13.7. The molecule has 0 spiro atoms. The zero-order valence-corrected chi connectivity index (χ0v) is 23.3. The summed E-state index contributed by atoms with van der Waals surface area (Å²) in [5, 5.41) is 9.95. The van der Waals surface area contributed by atoms with Gasteiger partial charge in [-0.2, -0.15) is 13.2 Å². The highest BCUT2D eigenvalue weighted by Gasteiger charge is 2.33. The van der Waals surface area contributed by atoms with Crippen molar-refractivity contribution >= 4 is 16.9 Å². The molecule has 1 atom stereocenters. The molecule has 1 aromatic heterocycles. The molecule has 5 rings (SSSR count). The van der Waals surface area contributed by atoms with E-state index in [9.17, 15) is 23.1 Å². The Kier molecular flexibility index (Phi) is 8.29. The lowest BCUT2D eigenvalue weighted by molar-refractivity contribution is -0.139. The third kappa shape index (κ3) is 6.15. The second-order valence-corrected chi connectivity index (χ2v) is 10.3. The fourth-order valence-corrected chi connectivity index (χ4v) is 5.34. The number of carbonyl (C=O) groups is 1. The highest BCUT2D eigenvalue weighted by Crippen LogP contribution is 2.40. The van der Waals surface area contributed by atoms with Crippen molar-refractivity contribution in [3.8, 4) is 16.9 Å². The molecule has 42 heavy (non-hydrogen) atoms. The van der Waals surface area contributed by atoms with Gasteiger partial charge in [0.25, 0.3) is 0 Å². The monoisotopic (exact) mass is 569 g/mol. The van der Waals surface area contributed by atoms with Crippen molar-refractivity contribution in [3.63, 3.8) is 0 Å². The number of carboxylic acid groups (broad SMARTS) is 1. The summed E-state index contributed by atoms with van der Waals surface area (Å²) in [6, 6.07) is 26.7. The van der Waals surface area contributed by atoms with Crippen LogP contribution in [0.25, 0.3) is 22.0 Å². The van der Waals surface area contributed by atoms with Gasteiger partial charge in [0, 0.05) is 11.6 Å². The van der Waals surface area contributed by atoms with E-state index >= 15 is 0 Å². The molecular formula is C35H30F3NO3. The molecule has 214 valence electrons. The Hall–Kier alpha value is -4.65. The third-order valence-corrected chi connectivity index (χ3v) is 7.51. The molecule has 0 aliphatic carbocycles. The van der Waals surface area contributed by atoms with Crippen LogP contribution >= 0.6 is 0 Å². The first-order chi connectivity index (χ1) is 20.2. The maximum atomic E-state index is 13.9. The number of hydrogen-bond acceptors (Lipinski definition) is 3. The predicted molar refractivity (Wildman–Crippen MR) is 158 cm³/mol. The van der Waals surface area contributed by atoms with E-state index in [1.165, 1.54) is 6.07 Å². The van der Waals surface area contributed by atoms with Crippen LogP contribution in [-0.2, 0) is 24.0 Å². The van der Waals surface area contributed by atoms with Crippen molar-refractivity contribution in [2.45, 2.75) is 45.4 Å². The summed E-state index contributed by atoms with van der Waals surface area (Å²) in [4.78, 5) is 15.9. The van der Waals surface area contributed by atoms with Crippen molar-refractivity contribution in [1.82, 2.24) is 4.98 Å². The Morgan fingerprint density at radius 3 is 2.43 bits per heavy atom. The van der Waals surface area contributed by atoms with Gasteiger partial charge in [-0.15, -0.1) is 0 Å². The highest BCUT2D eigenvalue weighted by molar-refractivity contribution is 5.98. The molecule has 1 heterocycles. The third-order valence-electron chi connectivity index (χ3n) is 7.51. The van der Waals surface area contributed by atoms with Gasteiger partial charge in [-0.1, -0.05) is 79.7 Å². The first-order valence-corrected chi connectivity index (χ1v) is 13.7. The number of hydrogen-bond donors (Lipinski definition) is 1. The number of halogens is 3. The zero-order chi connectivity index (χ0) is 29.9. The van der Waals surface area contributed by atoms with Gasteiger partial charge < -0.3 is 9.84 Å². The molecule has 1 unspecified atom stereocenters. The molecule has 4 nitrogen and oxygen atoms in total. The van der Waals surface area contributed by atoms with Crippen LogP contribution in [0, 0.1) is 6.92 Å². The minimum Gasteiger partial charge on any atom is -0.489 e. The molecular weight excluding hydrogens is 539 g/mol. The number of aromatic nitrogens is 1. The normalized spacial score (nSPS) is 12.3. The molecule has 0 saturated carbocycles. The zero-order valence-electron chi connectivity index (χ0n) is 23.3. The molecule has 1 N–H and O–H groups in total. The fourth-order valence-electron chi connectivity index (χ4n) is 5.34. The van der Waals surface area contributed by atoms with Crippen molar-refractivity contribution in [2.24, 2.45) is 0 Å². The van der Waals surface area contributed by atoms with Gasteiger partial charge in [0.05, 0.1) is 17.0 Å².